The molecular weight excluding hydrogens is 538 g/mol. The minimum atomic E-state index is -3.64. The molecule has 0 unspecified atom stereocenters. The van der Waals surface area contributed by atoms with Gasteiger partial charge < -0.3 is 15.0 Å². The largest absolute Gasteiger partial charge is 0.492 e. The first kappa shape index (κ1) is 31.7. The van der Waals surface area contributed by atoms with E-state index in [0.717, 1.165) is 22.9 Å². The van der Waals surface area contributed by atoms with Gasteiger partial charge in [-0.1, -0.05) is 66.7 Å². The highest BCUT2D eigenvalue weighted by atomic mass is 32.2. The van der Waals surface area contributed by atoms with Gasteiger partial charge in [0.15, 0.2) is 0 Å². The molecule has 41 heavy (non-hydrogen) atoms. The van der Waals surface area contributed by atoms with Crippen LogP contribution in [0.5, 0.6) is 5.75 Å². The molecule has 0 aromatic heterocycles. The van der Waals surface area contributed by atoms with E-state index in [1.165, 1.54) is 4.31 Å². The number of anilines is 1. The van der Waals surface area contributed by atoms with E-state index in [4.69, 9.17) is 4.74 Å². The average molecular weight is 580 g/mol. The molecule has 0 fully saturated rings. The van der Waals surface area contributed by atoms with Crippen LogP contribution in [0.1, 0.15) is 43.4 Å². The van der Waals surface area contributed by atoms with Gasteiger partial charge in [0.05, 0.1) is 18.6 Å². The summed E-state index contributed by atoms with van der Waals surface area (Å²) in [6.07, 6.45) is 1.85. The molecule has 0 bridgehead atoms. The van der Waals surface area contributed by atoms with Gasteiger partial charge in [-0.05, 0) is 56.0 Å². The van der Waals surface area contributed by atoms with Crippen molar-refractivity contribution in [1.82, 2.24) is 10.2 Å². The number of ether oxygens (including phenoxy) is 1. The summed E-state index contributed by atoms with van der Waals surface area (Å²) >= 11 is 0. The van der Waals surface area contributed by atoms with Crippen molar-refractivity contribution >= 4 is 27.5 Å². The van der Waals surface area contributed by atoms with E-state index in [9.17, 15) is 18.0 Å². The Morgan fingerprint density at radius 3 is 2.24 bits per heavy atom. The number of para-hydroxylation sites is 2. The third kappa shape index (κ3) is 9.08. The number of benzene rings is 3. The smallest absolute Gasteiger partial charge is 0.243 e. The van der Waals surface area contributed by atoms with E-state index < -0.39 is 16.1 Å². The average Bonchev–Trinajstić information content (AvgIpc) is 2.94. The van der Waals surface area contributed by atoms with Crippen molar-refractivity contribution in [2.24, 2.45) is 0 Å². The number of hydrogen-bond donors (Lipinski definition) is 1. The van der Waals surface area contributed by atoms with Crippen molar-refractivity contribution in [1.29, 1.82) is 0 Å². The summed E-state index contributed by atoms with van der Waals surface area (Å²) in [6.45, 7) is 6.87. The zero-order valence-corrected chi connectivity index (χ0v) is 25.2. The number of rotatable bonds is 15. The molecule has 0 aliphatic rings. The SMILES string of the molecule is CCNC(=O)[C@H](Cc1ccccc1)N(Cc1ccccc1C)C(=O)CCCN(c1ccccc1OCC)S(C)(=O)=O. The van der Waals surface area contributed by atoms with Crippen LogP contribution in [-0.4, -0.2) is 57.1 Å². The first-order valence-corrected chi connectivity index (χ1v) is 15.9. The van der Waals surface area contributed by atoms with E-state index in [-0.39, 0.29) is 37.7 Å². The highest BCUT2D eigenvalue weighted by Gasteiger charge is 2.30. The number of sulfonamides is 1. The molecule has 0 aliphatic carbocycles. The maximum absolute atomic E-state index is 13.9. The standard InChI is InChI=1S/C32H41N3O5S/c1-5-33-32(37)29(23-26-16-8-7-9-17-26)34(24-27-18-11-10-15-25(27)3)31(36)21-14-22-35(41(4,38)39)28-19-12-13-20-30(28)40-6-2/h7-13,15-20,29H,5-6,14,21-24H2,1-4H3,(H,33,37)/t29-/m0/s1. The van der Waals surface area contributed by atoms with Gasteiger partial charge in [-0.15, -0.1) is 0 Å². The van der Waals surface area contributed by atoms with Gasteiger partial charge in [-0.2, -0.15) is 0 Å². The summed E-state index contributed by atoms with van der Waals surface area (Å²) in [5.74, 6) is 0.0285. The molecule has 0 aliphatic heterocycles. The molecule has 2 amide bonds. The number of hydrogen-bond acceptors (Lipinski definition) is 5. The van der Waals surface area contributed by atoms with Gasteiger partial charge in [0.25, 0.3) is 0 Å². The summed E-state index contributed by atoms with van der Waals surface area (Å²) in [4.78, 5) is 28.9. The van der Waals surface area contributed by atoms with Crippen LogP contribution < -0.4 is 14.4 Å². The summed E-state index contributed by atoms with van der Waals surface area (Å²) in [5, 5.41) is 2.90. The Labute approximate surface area is 244 Å². The molecule has 0 saturated heterocycles. The number of nitrogens with one attached hydrogen (secondary N) is 1. The normalized spacial score (nSPS) is 11.9. The van der Waals surface area contributed by atoms with Crippen LogP contribution in [0.4, 0.5) is 5.69 Å². The van der Waals surface area contributed by atoms with Crippen LogP contribution in [0.2, 0.25) is 0 Å². The van der Waals surface area contributed by atoms with E-state index in [2.05, 4.69) is 5.32 Å². The number of amides is 2. The Kier molecular flexibility index (Phi) is 11.8. The van der Waals surface area contributed by atoms with Gasteiger partial charge in [-0.3, -0.25) is 13.9 Å². The molecule has 1 atom stereocenters. The number of nitrogens with zero attached hydrogens (tertiary/aromatic N) is 2. The second-order valence-electron chi connectivity index (χ2n) is 9.89. The molecule has 0 saturated carbocycles. The predicted octanol–water partition coefficient (Wildman–Crippen LogP) is 4.72. The van der Waals surface area contributed by atoms with Crippen LogP contribution in [0.25, 0.3) is 0 Å². The third-order valence-electron chi connectivity index (χ3n) is 6.81. The number of carbonyl (C=O) groups excluding carboxylic acids is 2. The second kappa shape index (κ2) is 15.2. The fourth-order valence-electron chi connectivity index (χ4n) is 4.74. The van der Waals surface area contributed by atoms with E-state index in [1.54, 1.807) is 29.2 Å². The third-order valence-corrected chi connectivity index (χ3v) is 7.99. The van der Waals surface area contributed by atoms with Crippen molar-refractivity contribution in [3.05, 3.63) is 95.6 Å². The molecule has 0 spiro atoms. The lowest BCUT2D eigenvalue weighted by molar-refractivity contribution is -0.141. The summed E-state index contributed by atoms with van der Waals surface area (Å²) in [7, 11) is -3.64. The van der Waals surface area contributed by atoms with Gasteiger partial charge in [0.2, 0.25) is 21.8 Å². The fourth-order valence-corrected chi connectivity index (χ4v) is 5.71. The number of likely N-dealkylation sites (N-methyl/N-ethyl adjacent to an activating group) is 1. The molecule has 1 N–H and O–H groups in total. The minimum Gasteiger partial charge on any atom is -0.492 e. The van der Waals surface area contributed by atoms with Crippen molar-refractivity contribution in [2.75, 3.05) is 30.3 Å². The zero-order valence-electron chi connectivity index (χ0n) is 24.4. The number of carbonyl (C=O) groups is 2. The summed E-state index contributed by atoms with van der Waals surface area (Å²) in [5.41, 5.74) is 3.36. The lowest BCUT2D eigenvalue weighted by atomic mass is 10.0. The molecule has 220 valence electrons. The molecule has 0 radical (unpaired) electrons. The Morgan fingerprint density at radius 2 is 1.59 bits per heavy atom. The molecule has 3 aromatic rings. The lowest BCUT2D eigenvalue weighted by Crippen LogP contribution is -2.50. The molecular formula is C32H41N3O5S. The Bertz CT molecular complexity index is 1400. The van der Waals surface area contributed by atoms with E-state index in [1.807, 2.05) is 75.4 Å². The van der Waals surface area contributed by atoms with Gasteiger partial charge in [0.1, 0.15) is 11.8 Å². The van der Waals surface area contributed by atoms with Crippen LogP contribution in [0, 0.1) is 6.92 Å². The Morgan fingerprint density at radius 1 is 0.927 bits per heavy atom. The molecule has 3 aromatic carbocycles. The van der Waals surface area contributed by atoms with Crippen LogP contribution in [0.3, 0.4) is 0 Å². The topological polar surface area (TPSA) is 96.0 Å². The fraction of sp³-hybridized carbons (Fsp3) is 0.375. The molecule has 8 nitrogen and oxygen atoms in total. The van der Waals surface area contributed by atoms with E-state index in [0.29, 0.717) is 31.0 Å². The van der Waals surface area contributed by atoms with Gasteiger partial charge >= 0.3 is 0 Å². The molecule has 3 rings (SSSR count). The quantitative estimate of drug-likeness (QED) is 0.281. The van der Waals surface area contributed by atoms with Crippen molar-refractivity contribution in [3.8, 4) is 5.75 Å². The highest BCUT2D eigenvalue weighted by Crippen LogP contribution is 2.30. The zero-order chi connectivity index (χ0) is 29.8. The van der Waals surface area contributed by atoms with Crippen molar-refractivity contribution < 1.29 is 22.7 Å². The predicted molar refractivity (Wildman–Crippen MR) is 163 cm³/mol. The van der Waals surface area contributed by atoms with Crippen LogP contribution >= 0.6 is 0 Å². The van der Waals surface area contributed by atoms with E-state index >= 15 is 0 Å². The summed E-state index contributed by atoms with van der Waals surface area (Å²) < 4.78 is 32.5. The lowest BCUT2D eigenvalue weighted by Gasteiger charge is -2.32. The maximum atomic E-state index is 13.9. The minimum absolute atomic E-state index is 0.0688. The maximum Gasteiger partial charge on any atom is 0.243 e. The van der Waals surface area contributed by atoms with Crippen LogP contribution in [-0.2, 0) is 32.6 Å². The first-order valence-electron chi connectivity index (χ1n) is 14.0. The monoisotopic (exact) mass is 579 g/mol. The van der Waals surface area contributed by atoms with Crippen molar-refractivity contribution in [3.63, 3.8) is 0 Å². The summed E-state index contributed by atoms with van der Waals surface area (Å²) in [6, 6.07) is 23.7. The van der Waals surface area contributed by atoms with Gasteiger partial charge in [0, 0.05) is 32.5 Å². The van der Waals surface area contributed by atoms with Crippen LogP contribution in [0.15, 0.2) is 78.9 Å². The second-order valence-corrected chi connectivity index (χ2v) is 11.8. The van der Waals surface area contributed by atoms with Crippen molar-refractivity contribution in [2.45, 2.75) is 52.6 Å². The molecule has 9 heteroatoms. The Hall–Kier alpha value is -3.85. The highest BCUT2D eigenvalue weighted by molar-refractivity contribution is 7.92. The van der Waals surface area contributed by atoms with Gasteiger partial charge in [-0.25, -0.2) is 8.42 Å². The number of aryl methyl sites for hydroxylation is 1. The Balaban J connectivity index is 1.88. The first-order chi connectivity index (χ1) is 19.7. The molecule has 0 heterocycles.